The van der Waals surface area contributed by atoms with Gasteiger partial charge >= 0.3 is 0 Å². The molecule has 0 radical (unpaired) electrons. The van der Waals surface area contributed by atoms with Crippen molar-refractivity contribution in [3.63, 3.8) is 0 Å². The fourth-order valence-electron chi connectivity index (χ4n) is 1.29. The minimum Gasteiger partial charge on any atom is -0.469 e. The van der Waals surface area contributed by atoms with Crippen LogP contribution in [0.2, 0.25) is 0 Å². The van der Waals surface area contributed by atoms with Crippen LogP contribution in [-0.4, -0.2) is 5.11 Å². The molecule has 1 aromatic heterocycles. The molecule has 12 heavy (non-hydrogen) atoms. The maximum Gasteiger partial charge on any atom is 0.106 e. The molecule has 0 aliphatic rings. The van der Waals surface area contributed by atoms with Gasteiger partial charge in [0.2, 0.25) is 0 Å². The zero-order valence-electron chi connectivity index (χ0n) is 7.71. The molecule has 1 heterocycles. The highest BCUT2D eigenvalue weighted by Gasteiger charge is 2.11. The molecule has 0 aliphatic heterocycles. The molecule has 1 aromatic rings. The number of aliphatic hydroxyl groups is 1. The standard InChI is InChI=1S/C10H16O2/c1-3-4-5-10(11)9-6-7-12-8(9)2/h6-7,10-11H,3-5H2,1-2H3. The lowest BCUT2D eigenvalue weighted by Crippen LogP contribution is -1.96. The van der Waals surface area contributed by atoms with Crippen molar-refractivity contribution in [2.24, 2.45) is 0 Å². The highest BCUT2D eigenvalue weighted by Crippen LogP contribution is 2.22. The Hall–Kier alpha value is -0.760. The van der Waals surface area contributed by atoms with Crippen molar-refractivity contribution in [3.8, 4) is 0 Å². The number of aryl methyl sites for hydroxylation is 1. The molecule has 2 heteroatoms. The fraction of sp³-hybridized carbons (Fsp3) is 0.600. The Morgan fingerprint density at radius 2 is 2.33 bits per heavy atom. The van der Waals surface area contributed by atoms with Crippen molar-refractivity contribution < 1.29 is 9.52 Å². The zero-order valence-corrected chi connectivity index (χ0v) is 7.71. The summed E-state index contributed by atoms with van der Waals surface area (Å²) >= 11 is 0. The average molecular weight is 168 g/mol. The summed E-state index contributed by atoms with van der Waals surface area (Å²) in [7, 11) is 0. The summed E-state index contributed by atoms with van der Waals surface area (Å²) in [6.45, 7) is 4.00. The van der Waals surface area contributed by atoms with Gasteiger partial charge in [-0.15, -0.1) is 0 Å². The molecular formula is C10H16O2. The van der Waals surface area contributed by atoms with Gasteiger partial charge in [0.1, 0.15) is 5.76 Å². The summed E-state index contributed by atoms with van der Waals surface area (Å²) in [5.41, 5.74) is 0.934. The predicted molar refractivity (Wildman–Crippen MR) is 47.9 cm³/mol. The predicted octanol–water partition coefficient (Wildman–Crippen LogP) is 2.81. The molecule has 0 spiro atoms. The monoisotopic (exact) mass is 168 g/mol. The molecule has 0 aromatic carbocycles. The van der Waals surface area contributed by atoms with Crippen LogP contribution in [0.5, 0.6) is 0 Å². The quantitative estimate of drug-likeness (QED) is 0.750. The molecule has 1 rings (SSSR count). The maximum atomic E-state index is 9.66. The number of unbranched alkanes of at least 4 members (excludes halogenated alkanes) is 1. The smallest absolute Gasteiger partial charge is 0.106 e. The van der Waals surface area contributed by atoms with E-state index in [1.807, 2.05) is 13.0 Å². The van der Waals surface area contributed by atoms with Gasteiger partial charge in [-0.1, -0.05) is 19.8 Å². The third kappa shape index (κ3) is 2.11. The number of furan rings is 1. The molecule has 2 nitrogen and oxygen atoms in total. The Bertz CT molecular complexity index is 227. The normalized spacial score (nSPS) is 13.2. The first-order valence-electron chi connectivity index (χ1n) is 4.47. The lowest BCUT2D eigenvalue weighted by Gasteiger charge is -2.07. The van der Waals surface area contributed by atoms with Crippen LogP contribution in [0.3, 0.4) is 0 Å². The van der Waals surface area contributed by atoms with Crippen LogP contribution in [0, 0.1) is 6.92 Å². The van der Waals surface area contributed by atoms with E-state index < -0.39 is 0 Å². The van der Waals surface area contributed by atoms with Gasteiger partial charge in [-0.3, -0.25) is 0 Å². The van der Waals surface area contributed by atoms with Crippen LogP contribution < -0.4 is 0 Å². The van der Waals surface area contributed by atoms with E-state index in [-0.39, 0.29) is 6.10 Å². The molecule has 0 amide bonds. The van der Waals surface area contributed by atoms with Crippen LogP contribution in [0.4, 0.5) is 0 Å². The molecule has 0 fully saturated rings. The largest absolute Gasteiger partial charge is 0.469 e. The number of hydrogen-bond donors (Lipinski definition) is 1. The van der Waals surface area contributed by atoms with Gasteiger partial charge in [0.25, 0.3) is 0 Å². The Morgan fingerprint density at radius 3 is 2.83 bits per heavy atom. The summed E-state index contributed by atoms with van der Waals surface area (Å²) in [6.07, 6.45) is 4.29. The minimum atomic E-state index is -0.344. The van der Waals surface area contributed by atoms with E-state index in [2.05, 4.69) is 6.92 Å². The van der Waals surface area contributed by atoms with Crippen LogP contribution in [-0.2, 0) is 0 Å². The van der Waals surface area contributed by atoms with Gasteiger partial charge in [0, 0.05) is 5.56 Å². The number of hydrogen-bond acceptors (Lipinski definition) is 2. The highest BCUT2D eigenvalue weighted by molar-refractivity contribution is 5.18. The van der Waals surface area contributed by atoms with Gasteiger partial charge in [0.15, 0.2) is 0 Å². The Kier molecular flexibility index (Phi) is 3.35. The van der Waals surface area contributed by atoms with E-state index in [0.29, 0.717) is 0 Å². The molecule has 0 saturated carbocycles. The Labute approximate surface area is 73.2 Å². The van der Waals surface area contributed by atoms with E-state index in [4.69, 9.17) is 4.42 Å². The molecular weight excluding hydrogens is 152 g/mol. The number of aliphatic hydroxyl groups excluding tert-OH is 1. The van der Waals surface area contributed by atoms with Crippen LogP contribution >= 0.6 is 0 Å². The van der Waals surface area contributed by atoms with Crippen molar-refractivity contribution in [2.75, 3.05) is 0 Å². The minimum absolute atomic E-state index is 0.344. The van der Waals surface area contributed by atoms with Crippen molar-refractivity contribution in [1.29, 1.82) is 0 Å². The molecule has 0 aliphatic carbocycles. The zero-order chi connectivity index (χ0) is 8.97. The molecule has 1 N–H and O–H groups in total. The second-order valence-corrected chi connectivity index (χ2v) is 3.09. The van der Waals surface area contributed by atoms with E-state index in [1.165, 1.54) is 0 Å². The molecule has 0 saturated heterocycles. The Morgan fingerprint density at radius 1 is 1.58 bits per heavy atom. The summed E-state index contributed by atoms with van der Waals surface area (Å²) in [5.74, 6) is 0.832. The summed E-state index contributed by atoms with van der Waals surface area (Å²) in [5, 5.41) is 9.66. The van der Waals surface area contributed by atoms with E-state index in [9.17, 15) is 5.11 Å². The summed E-state index contributed by atoms with van der Waals surface area (Å²) in [4.78, 5) is 0. The van der Waals surface area contributed by atoms with Crippen molar-refractivity contribution in [3.05, 3.63) is 23.7 Å². The fourth-order valence-corrected chi connectivity index (χ4v) is 1.29. The second-order valence-electron chi connectivity index (χ2n) is 3.09. The highest BCUT2D eigenvalue weighted by atomic mass is 16.3. The first-order chi connectivity index (χ1) is 5.75. The third-order valence-corrected chi connectivity index (χ3v) is 2.09. The molecule has 68 valence electrons. The van der Waals surface area contributed by atoms with Crippen LogP contribution in [0.25, 0.3) is 0 Å². The van der Waals surface area contributed by atoms with Gasteiger partial charge in [0.05, 0.1) is 12.4 Å². The summed E-state index contributed by atoms with van der Waals surface area (Å²) < 4.78 is 5.11. The van der Waals surface area contributed by atoms with Gasteiger partial charge < -0.3 is 9.52 Å². The van der Waals surface area contributed by atoms with E-state index >= 15 is 0 Å². The lowest BCUT2D eigenvalue weighted by atomic mass is 10.1. The van der Waals surface area contributed by atoms with Gasteiger partial charge in [-0.05, 0) is 19.4 Å². The molecule has 0 bridgehead atoms. The van der Waals surface area contributed by atoms with Crippen LogP contribution in [0.15, 0.2) is 16.7 Å². The maximum absolute atomic E-state index is 9.66. The topological polar surface area (TPSA) is 33.4 Å². The van der Waals surface area contributed by atoms with Crippen molar-refractivity contribution >= 4 is 0 Å². The lowest BCUT2D eigenvalue weighted by molar-refractivity contribution is 0.162. The van der Waals surface area contributed by atoms with E-state index in [1.54, 1.807) is 6.26 Å². The third-order valence-electron chi connectivity index (χ3n) is 2.09. The average Bonchev–Trinajstić information content (AvgIpc) is 2.47. The van der Waals surface area contributed by atoms with E-state index in [0.717, 1.165) is 30.6 Å². The van der Waals surface area contributed by atoms with Gasteiger partial charge in [-0.2, -0.15) is 0 Å². The van der Waals surface area contributed by atoms with Crippen molar-refractivity contribution in [1.82, 2.24) is 0 Å². The van der Waals surface area contributed by atoms with Crippen molar-refractivity contribution in [2.45, 2.75) is 39.2 Å². The van der Waals surface area contributed by atoms with Gasteiger partial charge in [-0.25, -0.2) is 0 Å². The SMILES string of the molecule is CCCCC(O)c1ccoc1C. The molecule has 1 atom stereocenters. The first kappa shape index (κ1) is 9.33. The molecule has 1 unspecified atom stereocenters. The summed E-state index contributed by atoms with van der Waals surface area (Å²) in [6, 6.07) is 1.84. The Balaban J connectivity index is 2.52. The second kappa shape index (κ2) is 4.31. The number of rotatable bonds is 4. The van der Waals surface area contributed by atoms with Crippen LogP contribution in [0.1, 0.15) is 43.6 Å². The first-order valence-corrected chi connectivity index (χ1v) is 4.47.